The molecule has 1 aliphatic heterocycles. The van der Waals surface area contributed by atoms with Crippen molar-refractivity contribution in [2.75, 3.05) is 19.6 Å². The molecule has 1 atom stereocenters. The summed E-state index contributed by atoms with van der Waals surface area (Å²) in [5, 5.41) is 19.5. The van der Waals surface area contributed by atoms with Gasteiger partial charge in [-0.2, -0.15) is 0 Å². The first-order valence-electron chi connectivity index (χ1n) is 5.95. The maximum atomic E-state index is 11.5. The molecule has 18 heavy (non-hydrogen) atoms. The summed E-state index contributed by atoms with van der Waals surface area (Å²) in [6.45, 7) is 2.51. The molecule has 1 fully saturated rings. The van der Waals surface area contributed by atoms with Crippen molar-refractivity contribution in [2.24, 2.45) is 0 Å². The van der Waals surface area contributed by atoms with Crippen molar-refractivity contribution >= 4 is 17.8 Å². The van der Waals surface area contributed by atoms with Crippen LogP contribution in [0.15, 0.2) is 0 Å². The molecule has 0 aromatic rings. The van der Waals surface area contributed by atoms with Gasteiger partial charge in [0.15, 0.2) is 0 Å². The molecule has 1 heterocycles. The fourth-order valence-corrected chi connectivity index (χ4v) is 1.91. The molecule has 1 aliphatic rings. The standard InChI is InChI=1S/C11H18N2O5/c14-9(3-6-13-4-1-2-5-13)12-8(11(17)18)7-10(15)16/h8H,1-7H2,(H,12,14)(H,15,16)(H,17,18)/t8-/m0/s1. The minimum absolute atomic E-state index is 0.198. The maximum Gasteiger partial charge on any atom is 0.326 e. The Bertz CT molecular complexity index is 325. The van der Waals surface area contributed by atoms with Crippen molar-refractivity contribution in [1.29, 1.82) is 0 Å². The molecule has 0 radical (unpaired) electrons. The second-order valence-electron chi connectivity index (χ2n) is 4.35. The summed E-state index contributed by atoms with van der Waals surface area (Å²) < 4.78 is 0. The zero-order valence-corrected chi connectivity index (χ0v) is 10.1. The largest absolute Gasteiger partial charge is 0.481 e. The van der Waals surface area contributed by atoms with Crippen LogP contribution < -0.4 is 5.32 Å². The third kappa shape index (κ3) is 5.13. The topological polar surface area (TPSA) is 107 Å². The monoisotopic (exact) mass is 258 g/mol. The van der Waals surface area contributed by atoms with Crippen molar-refractivity contribution in [1.82, 2.24) is 10.2 Å². The highest BCUT2D eigenvalue weighted by Crippen LogP contribution is 2.07. The zero-order valence-electron chi connectivity index (χ0n) is 10.1. The Kier molecular flexibility index (Phi) is 5.57. The molecule has 1 rings (SSSR count). The summed E-state index contributed by atoms with van der Waals surface area (Å²) in [6, 6.07) is -1.35. The Labute approximate surface area is 105 Å². The smallest absolute Gasteiger partial charge is 0.326 e. The van der Waals surface area contributed by atoms with E-state index in [0.29, 0.717) is 6.54 Å². The number of nitrogens with one attached hydrogen (secondary N) is 1. The summed E-state index contributed by atoms with van der Waals surface area (Å²) in [5.74, 6) is -3.00. The lowest BCUT2D eigenvalue weighted by Gasteiger charge is -2.16. The number of hydrogen-bond donors (Lipinski definition) is 3. The molecule has 3 N–H and O–H groups in total. The lowest BCUT2D eigenvalue weighted by Crippen LogP contribution is -2.43. The summed E-state index contributed by atoms with van der Waals surface area (Å²) in [5.41, 5.74) is 0. The highest BCUT2D eigenvalue weighted by atomic mass is 16.4. The van der Waals surface area contributed by atoms with Gasteiger partial charge in [0.1, 0.15) is 6.04 Å². The van der Waals surface area contributed by atoms with Gasteiger partial charge in [-0.3, -0.25) is 9.59 Å². The highest BCUT2D eigenvalue weighted by Gasteiger charge is 2.23. The Hall–Kier alpha value is -1.63. The van der Waals surface area contributed by atoms with Gasteiger partial charge in [-0.25, -0.2) is 4.79 Å². The predicted octanol–water partition coefficient (Wildman–Crippen LogP) is -0.484. The molecule has 1 amide bonds. The second kappa shape index (κ2) is 6.95. The van der Waals surface area contributed by atoms with Gasteiger partial charge in [-0.15, -0.1) is 0 Å². The number of aliphatic carboxylic acids is 2. The van der Waals surface area contributed by atoms with E-state index in [9.17, 15) is 14.4 Å². The van der Waals surface area contributed by atoms with E-state index in [2.05, 4.69) is 10.2 Å². The summed E-state index contributed by atoms with van der Waals surface area (Å²) in [6.07, 6.45) is 1.84. The Morgan fingerprint density at radius 3 is 2.28 bits per heavy atom. The normalized spacial score (nSPS) is 17.3. The first-order chi connectivity index (χ1) is 8.49. The van der Waals surface area contributed by atoms with Crippen LogP contribution >= 0.6 is 0 Å². The fraction of sp³-hybridized carbons (Fsp3) is 0.727. The number of rotatable bonds is 7. The number of carboxylic acid groups (broad SMARTS) is 2. The molecule has 0 aromatic heterocycles. The van der Waals surface area contributed by atoms with E-state index in [-0.39, 0.29) is 6.42 Å². The van der Waals surface area contributed by atoms with Crippen LogP contribution in [0.5, 0.6) is 0 Å². The molecule has 7 heteroatoms. The van der Waals surface area contributed by atoms with E-state index in [0.717, 1.165) is 25.9 Å². The van der Waals surface area contributed by atoms with E-state index >= 15 is 0 Å². The minimum Gasteiger partial charge on any atom is -0.481 e. The minimum atomic E-state index is -1.35. The first kappa shape index (κ1) is 14.4. The third-order valence-corrected chi connectivity index (χ3v) is 2.87. The summed E-state index contributed by atoms with van der Waals surface area (Å²) >= 11 is 0. The molecular formula is C11H18N2O5. The number of carboxylic acids is 2. The van der Waals surface area contributed by atoms with Gasteiger partial charge in [0, 0.05) is 13.0 Å². The Morgan fingerprint density at radius 2 is 1.78 bits per heavy atom. The van der Waals surface area contributed by atoms with Crippen LogP contribution in [0.1, 0.15) is 25.7 Å². The van der Waals surface area contributed by atoms with E-state index in [1.165, 1.54) is 0 Å². The molecule has 1 saturated heterocycles. The summed E-state index contributed by atoms with van der Waals surface area (Å²) in [4.78, 5) is 34.8. The molecule has 0 spiro atoms. The SMILES string of the molecule is O=C(O)C[C@H](NC(=O)CCN1CCCC1)C(=O)O. The van der Waals surface area contributed by atoms with Crippen molar-refractivity contribution in [3.63, 3.8) is 0 Å². The summed E-state index contributed by atoms with van der Waals surface area (Å²) in [7, 11) is 0. The first-order valence-corrected chi connectivity index (χ1v) is 5.95. The quantitative estimate of drug-likeness (QED) is 0.569. The Balaban J connectivity index is 2.31. The maximum absolute atomic E-state index is 11.5. The molecule has 0 unspecified atom stereocenters. The fourth-order valence-electron chi connectivity index (χ4n) is 1.91. The van der Waals surface area contributed by atoms with Crippen LogP contribution in [0.4, 0.5) is 0 Å². The number of nitrogens with zero attached hydrogens (tertiary/aromatic N) is 1. The lowest BCUT2D eigenvalue weighted by molar-refractivity contribution is -0.147. The number of amides is 1. The number of likely N-dealkylation sites (tertiary alicyclic amines) is 1. The number of carbonyl (C=O) groups excluding carboxylic acids is 1. The van der Waals surface area contributed by atoms with Gasteiger partial charge < -0.3 is 20.4 Å². The third-order valence-electron chi connectivity index (χ3n) is 2.87. The van der Waals surface area contributed by atoms with E-state index < -0.39 is 30.3 Å². The number of carbonyl (C=O) groups is 3. The van der Waals surface area contributed by atoms with E-state index in [1.807, 2.05) is 0 Å². The Morgan fingerprint density at radius 1 is 1.17 bits per heavy atom. The van der Waals surface area contributed by atoms with E-state index in [4.69, 9.17) is 10.2 Å². The second-order valence-corrected chi connectivity index (χ2v) is 4.35. The van der Waals surface area contributed by atoms with Crippen LogP contribution in [-0.4, -0.2) is 58.6 Å². The molecule has 7 nitrogen and oxygen atoms in total. The average molecular weight is 258 g/mol. The van der Waals surface area contributed by atoms with Crippen LogP contribution in [0, 0.1) is 0 Å². The lowest BCUT2D eigenvalue weighted by atomic mass is 10.2. The van der Waals surface area contributed by atoms with E-state index in [1.54, 1.807) is 0 Å². The van der Waals surface area contributed by atoms with Gasteiger partial charge in [0.05, 0.1) is 6.42 Å². The van der Waals surface area contributed by atoms with Crippen LogP contribution in [0.3, 0.4) is 0 Å². The molecule has 0 bridgehead atoms. The van der Waals surface area contributed by atoms with Crippen LogP contribution in [0.2, 0.25) is 0 Å². The van der Waals surface area contributed by atoms with Gasteiger partial charge >= 0.3 is 11.9 Å². The van der Waals surface area contributed by atoms with Gasteiger partial charge in [-0.05, 0) is 25.9 Å². The molecule has 0 aromatic carbocycles. The van der Waals surface area contributed by atoms with Crippen molar-refractivity contribution in [2.45, 2.75) is 31.7 Å². The predicted molar refractivity (Wildman–Crippen MR) is 62.1 cm³/mol. The average Bonchev–Trinajstić information content (AvgIpc) is 2.77. The van der Waals surface area contributed by atoms with Crippen molar-refractivity contribution in [3.05, 3.63) is 0 Å². The molecular weight excluding hydrogens is 240 g/mol. The van der Waals surface area contributed by atoms with Crippen molar-refractivity contribution < 1.29 is 24.6 Å². The van der Waals surface area contributed by atoms with Gasteiger partial charge in [0.2, 0.25) is 5.91 Å². The van der Waals surface area contributed by atoms with Crippen LogP contribution in [-0.2, 0) is 14.4 Å². The number of hydrogen-bond acceptors (Lipinski definition) is 4. The van der Waals surface area contributed by atoms with Gasteiger partial charge in [-0.1, -0.05) is 0 Å². The van der Waals surface area contributed by atoms with Crippen LogP contribution in [0.25, 0.3) is 0 Å². The van der Waals surface area contributed by atoms with Gasteiger partial charge in [0.25, 0.3) is 0 Å². The van der Waals surface area contributed by atoms with Crippen molar-refractivity contribution in [3.8, 4) is 0 Å². The highest BCUT2D eigenvalue weighted by molar-refractivity contribution is 5.86. The molecule has 102 valence electrons. The zero-order chi connectivity index (χ0) is 13.5. The molecule has 0 aliphatic carbocycles. The molecule has 0 saturated carbocycles.